The summed E-state index contributed by atoms with van der Waals surface area (Å²) < 4.78 is 10.3. The van der Waals surface area contributed by atoms with Gasteiger partial charge in [-0.15, -0.1) is 0 Å². The lowest BCUT2D eigenvalue weighted by Gasteiger charge is -2.30. The first-order valence-corrected chi connectivity index (χ1v) is 4.93. The molecule has 1 rings (SSSR count). The molecule has 14 heavy (non-hydrogen) atoms. The van der Waals surface area contributed by atoms with Crippen LogP contribution in [0.15, 0.2) is 23.9 Å². The minimum atomic E-state index is 0.648. The first kappa shape index (κ1) is 11.3. The average Bonchev–Trinajstić information content (AvgIpc) is 2.26. The summed E-state index contributed by atoms with van der Waals surface area (Å²) in [5.74, 6) is 0. The number of ether oxygens (including phenoxy) is 2. The van der Waals surface area contributed by atoms with Crippen molar-refractivity contribution in [2.45, 2.75) is 6.92 Å². The van der Waals surface area contributed by atoms with Crippen molar-refractivity contribution in [1.82, 2.24) is 4.90 Å². The molecule has 1 saturated heterocycles. The molecule has 0 aliphatic carbocycles. The molecule has 1 aliphatic heterocycles. The van der Waals surface area contributed by atoms with Gasteiger partial charge in [0.15, 0.2) is 0 Å². The van der Waals surface area contributed by atoms with Gasteiger partial charge >= 0.3 is 0 Å². The zero-order valence-electron chi connectivity index (χ0n) is 9.08. The van der Waals surface area contributed by atoms with E-state index in [0.29, 0.717) is 6.61 Å². The van der Waals surface area contributed by atoms with E-state index in [9.17, 15) is 0 Å². The molecule has 0 spiro atoms. The van der Waals surface area contributed by atoms with Crippen molar-refractivity contribution >= 4 is 0 Å². The van der Waals surface area contributed by atoms with Gasteiger partial charge in [0, 0.05) is 25.9 Å². The minimum Gasteiger partial charge on any atom is -0.381 e. The van der Waals surface area contributed by atoms with E-state index in [-0.39, 0.29) is 0 Å². The molecule has 0 amide bonds. The summed E-state index contributed by atoms with van der Waals surface area (Å²) in [5.41, 5.74) is 2.28. The number of methoxy groups -OCH3 is 1. The second-order valence-corrected chi connectivity index (χ2v) is 3.39. The van der Waals surface area contributed by atoms with Gasteiger partial charge in [0.05, 0.1) is 19.8 Å². The van der Waals surface area contributed by atoms with E-state index in [2.05, 4.69) is 24.5 Å². The summed E-state index contributed by atoms with van der Waals surface area (Å²) in [7, 11) is 1.70. The largest absolute Gasteiger partial charge is 0.381 e. The Bertz CT molecular complexity index is 217. The number of allylic oxidation sites excluding steroid dienone is 1. The lowest BCUT2D eigenvalue weighted by Crippen LogP contribution is -2.35. The molecule has 80 valence electrons. The Hall–Kier alpha value is -0.800. The van der Waals surface area contributed by atoms with Crippen molar-refractivity contribution in [1.29, 1.82) is 0 Å². The van der Waals surface area contributed by atoms with E-state index in [4.69, 9.17) is 9.47 Å². The molecule has 0 aromatic heterocycles. The summed E-state index contributed by atoms with van der Waals surface area (Å²) in [6.45, 7) is 10.3. The van der Waals surface area contributed by atoms with Crippen LogP contribution in [0.3, 0.4) is 0 Å². The van der Waals surface area contributed by atoms with E-state index < -0.39 is 0 Å². The topological polar surface area (TPSA) is 21.7 Å². The van der Waals surface area contributed by atoms with Crippen LogP contribution in [0.2, 0.25) is 0 Å². The number of rotatable bonds is 4. The molecule has 0 N–H and O–H groups in total. The maximum Gasteiger partial charge on any atom is 0.0649 e. The fraction of sp³-hybridized carbons (Fsp3) is 0.636. The minimum absolute atomic E-state index is 0.648. The molecule has 0 aromatic rings. The van der Waals surface area contributed by atoms with Crippen molar-refractivity contribution in [3.05, 3.63) is 23.9 Å². The molecule has 0 unspecified atom stereocenters. The van der Waals surface area contributed by atoms with E-state index in [1.165, 1.54) is 5.57 Å². The summed E-state index contributed by atoms with van der Waals surface area (Å²) in [6, 6.07) is 0. The lowest BCUT2D eigenvalue weighted by molar-refractivity contribution is 0.0549. The zero-order chi connectivity index (χ0) is 10.4. The van der Waals surface area contributed by atoms with E-state index in [0.717, 1.165) is 32.0 Å². The van der Waals surface area contributed by atoms with E-state index >= 15 is 0 Å². The highest BCUT2D eigenvalue weighted by molar-refractivity contribution is 5.25. The molecule has 0 saturated carbocycles. The molecule has 3 nitrogen and oxygen atoms in total. The molecule has 1 heterocycles. The highest BCUT2D eigenvalue weighted by Crippen LogP contribution is 2.14. The Morgan fingerprint density at radius 3 is 2.71 bits per heavy atom. The first-order valence-electron chi connectivity index (χ1n) is 4.93. The van der Waals surface area contributed by atoms with Crippen molar-refractivity contribution in [2.24, 2.45) is 0 Å². The normalized spacial score (nSPS) is 18.4. The quantitative estimate of drug-likeness (QED) is 0.636. The Morgan fingerprint density at radius 1 is 1.50 bits per heavy atom. The van der Waals surface area contributed by atoms with Gasteiger partial charge < -0.3 is 14.4 Å². The van der Waals surface area contributed by atoms with Crippen LogP contribution >= 0.6 is 0 Å². The standard InChI is InChI=1S/C11H19NO2/c1-10(4-7-13-3)11(2)12-5-8-14-9-6-12/h4H,2,5-9H2,1,3H3/b10-4-. The third kappa shape index (κ3) is 3.16. The molecular formula is C11H19NO2. The number of nitrogens with zero attached hydrogens (tertiary/aromatic N) is 1. The predicted molar refractivity (Wildman–Crippen MR) is 57.2 cm³/mol. The maximum atomic E-state index is 5.28. The van der Waals surface area contributed by atoms with Gasteiger partial charge in [-0.05, 0) is 12.5 Å². The van der Waals surface area contributed by atoms with Crippen LogP contribution in [-0.4, -0.2) is 44.9 Å². The number of hydrogen-bond donors (Lipinski definition) is 0. The number of hydrogen-bond acceptors (Lipinski definition) is 3. The van der Waals surface area contributed by atoms with Gasteiger partial charge in [-0.25, -0.2) is 0 Å². The van der Waals surface area contributed by atoms with Crippen LogP contribution in [0.4, 0.5) is 0 Å². The first-order chi connectivity index (χ1) is 6.75. The van der Waals surface area contributed by atoms with Crippen LogP contribution in [0.25, 0.3) is 0 Å². The smallest absolute Gasteiger partial charge is 0.0649 e. The van der Waals surface area contributed by atoms with Crippen LogP contribution in [0.1, 0.15) is 6.92 Å². The third-order valence-corrected chi connectivity index (χ3v) is 2.40. The van der Waals surface area contributed by atoms with Gasteiger partial charge in [-0.3, -0.25) is 0 Å². The van der Waals surface area contributed by atoms with Gasteiger partial charge in [0.2, 0.25) is 0 Å². The Kier molecular flexibility index (Phi) is 4.70. The van der Waals surface area contributed by atoms with Gasteiger partial charge in [-0.1, -0.05) is 12.7 Å². The van der Waals surface area contributed by atoms with Crippen LogP contribution in [-0.2, 0) is 9.47 Å². The van der Waals surface area contributed by atoms with Crippen molar-refractivity contribution in [3.8, 4) is 0 Å². The fourth-order valence-corrected chi connectivity index (χ4v) is 1.41. The van der Waals surface area contributed by atoms with Crippen molar-refractivity contribution in [2.75, 3.05) is 40.0 Å². The maximum absolute atomic E-state index is 5.28. The van der Waals surface area contributed by atoms with Gasteiger partial charge in [0.1, 0.15) is 0 Å². The van der Waals surface area contributed by atoms with E-state index in [1.54, 1.807) is 7.11 Å². The lowest BCUT2D eigenvalue weighted by atomic mass is 10.2. The van der Waals surface area contributed by atoms with E-state index in [1.807, 2.05) is 0 Å². The highest BCUT2D eigenvalue weighted by atomic mass is 16.5. The second kappa shape index (κ2) is 5.83. The predicted octanol–water partition coefficient (Wildman–Crippen LogP) is 1.43. The number of morpholine rings is 1. The zero-order valence-corrected chi connectivity index (χ0v) is 9.08. The third-order valence-electron chi connectivity index (χ3n) is 2.40. The van der Waals surface area contributed by atoms with Crippen LogP contribution in [0, 0.1) is 0 Å². The van der Waals surface area contributed by atoms with Gasteiger partial charge in [0.25, 0.3) is 0 Å². The molecule has 0 bridgehead atoms. The summed E-state index contributed by atoms with van der Waals surface area (Å²) in [4.78, 5) is 2.25. The molecule has 3 heteroatoms. The summed E-state index contributed by atoms with van der Waals surface area (Å²) in [5, 5.41) is 0. The van der Waals surface area contributed by atoms with Crippen molar-refractivity contribution < 1.29 is 9.47 Å². The summed E-state index contributed by atoms with van der Waals surface area (Å²) >= 11 is 0. The van der Waals surface area contributed by atoms with Crippen LogP contribution in [0.5, 0.6) is 0 Å². The highest BCUT2D eigenvalue weighted by Gasteiger charge is 2.12. The molecule has 0 radical (unpaired) electrons. The second-order valence-electron chi connectivity index (χ2n) is 3.39. The van der Waals surface area contributed by atoms with Crippen molar-refractivity contribution in [3.63, 3.8) is 0 Å². The molecule has 0 atom stereocenters. The summed E-state index contributed by atoms with van der Waals surface area (Å²) in [6.07, 6.45) is 2.05. The monoisotopic (exact) mass is 197 g/mol. The fourth-order valence-electron chi connectivity index (χ4n) is 1.41. The van der Waals surface area contributed by atoms with Gasteiger partial charge in [-0.2, -0.15) is 0 Å². The molecule has 1 aliphatic rings. The Morgan fingerprint density at radius 2 is 2.14 bits per heavy atom. The average molecular weight is 197 g/mol. The molecule has 0 aromatic carbocycles. The Labute approximate surface area is 86.0 Å². The Balaban J connectivity index is 2.46. The SMILES string of the molecule is C=C(/C(C)=C\COC)N1CCOCC1. The van der Waals surface area contributed by atoms with Crippen LogP contribution < -0.4 is 0 Å². The molecule has 1 fully saturated rings. The molecular weight excluding hydrogens is 178 g/mol.